The Hall–Kier alpha value is -3.05. The minimum absolute atomic E-state index is 0.0328. The lowest BCUT2D eigenvalue weighted by molar-refractivity contribution is -0.143. The van der Waals surface area contributed by atoms with E-state index >= 15 is 0 Å². The summed E-state index contributed by atoms with van der Waals surface area (Å²) in [5, 5.41) is 0. The molecule has 2 fully saturated rings. The number of nitrogens with zero attached hydrogens (tertiary/aromatic N) is 7. The Morgan fingerprint density at radius 1 is 1.21 bits per heavy atom. The normalized spacial score (nSPS) is 21.9. The van der Waals surface area contributed by atoms with Crippen LogP contribution in [-0.2, 0) is 16.0 Å². The quantitative estimate of drug-likeness (QED) is 0.651. The van der Waals surface area contributed by atoms with Gasteiger partial charge in [-0.15, -0.1) is 0 Å². The van der Waals surface area contributed by atoms with Crippen LogP contribution in [0, 0.1) is 0 Å². The summed E-state index contributed by atoms with van der Waals surface area (Å²) in [5.74, 6) is 1.78. The maximum absolute atomic E-state index is 12.7. The zero-order valence-corrected chi connectivity index (χ0v) is 20.3. The van der Waals surface area contributed by atoms with Crippen LogP contribution in [0.5, 0.6) is 0 Å². The monoisotopic (exact) mass is 467 g/mol. The molecule has 3 aliphatic rings. The average Bonchev–Trinajstić information content (AvgIpc) is 3.20. The van der Waals surface area contributed by atoms with Crippen LogP contribution in [0.4, 0.5) is 17.7 Å². The third-order valence-electron chi connectivity index (χ3n) is 6.94. The van der Waals surface area contributed by atoms with Gasteiger partial charge in [0, 0.05) is 49.7 Å². The number of amides is 1. The zero-order valence-electron chi connectivity index (χ0n) is 20.3. The fourth-order valence-electron chi connectivity index (χ4n) is 5.12. The molecule has 11 nitrogen and oxygen atoms in total. The van der Waals surface area contributed by atoms with Crippen LogP contribution in [0.2, 0.25) is 0 Å². The van der Waals surface area contributed by atoms with Crippen LogP contribution in [0.25, 0.3) is 11.3 Å². The lowest BCUT2D eigenvalue weighted by Crippen LogP contribution is -2.72. The molecule has 5 rings (SSSR count). The van der Waals surface area contributed by atoms with Gasteiger partial charge in [-0.1, -0.05) is 0 Å². The van der Waals surface area contributed by atoms with Crippen molar-refractivity contribution >= 4 is 23.6 Å². The first-order valence-electron chi connectivity index (χ1n) is 11.8. The first-order chi connectivity index (χ1) is 16.1. The van der Waals surface area contributed by atoms with Crippen molar-refractivity contribution in [2.24, 2.45) is 5.73 Å². The molecule has 1 atom stereocenters. The number of rotatable bonds is 4. The molecule has 3 aliphatic heterocycles. The van der Waals surface area contributed by atoms with Gasteiger partial charge < -0.3 is 30.9 Å². The third-order valence-corrected chi connectivity index (χ3v) is 6.94. The van der Waals surface area contributed by atoms with Crippen molar-refractivity contribution in [2.45, 2.75) is 51.2 Å². The van der Waals surface area contributed by atoms with Crippen molar-refractivity contribution in [3.8, 4) is 11.3 Å². The Balaban J connectivity index is 1.53. The van der Waals surface area contributed by atoms with Crippen molar-refractivity contribution in [1.29, 1.82) is 0 Å². The molecule has 0 unspecified atom stereocenters. The molecule has 0 aromatic carbocycles. The van der Waals surface area contributed by atoms with Crippen LogP contribution < -0.4 is 21.3 Å². The van der Waals surface area contributed by atoms with Crippen LogP contribution in [0.3, 0.4) is 0 Å². The minimum Gasteiger partial charge on any atom is -0.377 e. The molecular weight excluding hydrogens is 434 g/mol. The second-order valence-electron chi connectivity index (χ2n) is 10.4. The molecular formula is C23H33N9O2. The summed E-state index contributed by atoms with van der Waals surface area (Å²) in [7, 11) is 0. The van der Waals surface area contributed by atoms with E-state index in [1.54, 1.807) is 26.2 Å². The van der Waals surface area contributed by atoms with E-state index in [0.29, 0.717) is 32.3 Å². The van der Waals surface area contributed by atoms with Gasteiger partial charge in [0.2, 0.25) is 17.8 Å². The molecule has 34 heavy (non-hydrogen) atoms. The Labute approximate surface area is 199 Å². The lowest BCUT2D eigenvalue weighted by Gasteiger charge is -2.54. The maximum Gasteiger partial charge on any atom is 0.242 e. The number of carbonyl (C=O) groups excluding carboxylic acids is 1. The van der Waals surface area contributed by atoms with E-state index in [-0.39, 0.29) is 23.4 Å². The lowest BCUT2D eigenvalue weighted by atomic mass is 9.88. The summed E-state index contributed by atoms with van der Waals surface area (Å²) < 4.78 is 5.63. The fourth-order valence-corrected chi connectivity index (χ4v) is 5.12. The third kappa shape index (κ3) is 3.82. The highest BCUT2D eigenvalue weighted by atomic mass is 16.5. The Morgan fingerprint density at radius 2 is 1.91 bits per heavy atom. The smallest absolute Gasteiger partial charge is 0.242 e. The first-order valence-corrected chi connectivity index (χ1v) is 11.8. The highest BCUT2D eigenvalue weighted by Gasteiger charge is 2.50. The highest BCUT2D eigenvalue weighted by Crippen LogP contribution is 2.42. The molecule has 2 saturated heterocycles. The Morgan fingerprint density at radius 3 is 2.56 bits per heavy atom. The molecule has 182 valence electrons. The maximum atomic E-state index is 12.7. The first kappa shape index (κ1) is 22.7. The fraction of sp³-hybridized carbons (Fsp3) is 0.609. The number of nitrogen functional groups attached to an aromatic ring is 1. The SMILES string of the molecule is C[C@H]1COCCN1c1nc(-c2cnc(N)nc2)c2c(n1)N(C1(C)CN(C(=O)C(C)(C)N)C1)CC2. The van der Waals surface area contributed by atoms with E-state index in [2.05, 4.69) is 33.6 Å². The standard InChI is InChI=1S/C23H33N9O2/c1-14-11-34-8-7-31(14)21-28-17(15-9-26-20(24)27-10-15)16-5-6-32(18(16)29-21)23(4)12-30(13-23)19(33)22(2,3)25/h9-10,14H,5-8,11-13,25H2,1-4H3,(H2,24,26,27)/t14-/m0/s1. The average molecular weight is 468 g/mol. The number of ether oxygens (including phenoxy) is 1. The second-order valence-corrected chi connectivity index (χ2v) is 10.4. The Bertz CT molecular complexity index is 1090. The van der Waals surface area contributed by atoms with Crippen molar-refractivity contribution < 1.29 is 9.53 Å². The van der Waals surface area contributed by atoms with E-state index in [0.717, 1.165) is 42.1 Å². The van der Waals surface area contributed by atoms with Gasteiger partial charge in [0.25, 0.3) is 0 Å². The molecule has 0 saturated carbocycles. The number of anilines is 3. The van der Waals surface area contributed by atoms with Gasteiger partial charge in [0.05, 0.1) is 36.0 Å². The zero-order chi connectivity index (χ0) is 24.3. The molecule has 2 aromatic heterocycles. The van der Waals surface area contributed by atoms with Gasteiger partial charge >= 0.3 is 0 Å². The van der Waals surface area contributed by atoms with Crippen molar-refractivity contribution in [3.05, 3.63) is 18.0 Å². The molecule has 11 heteroatoms. The van der Waals surface area contributed by atoms with Crippen molar-refractivity contribution in [1.82, 2.24) is 24.8 Å². The van der Waals surface area contributed by atoms with E-state index in [1.807, 2.05) is 4.90 Å². The van der Waals surface area contributed by atoms with Crippen LogP contribution >= 0.6 is 0 Å². The number of carbonyl (C=O) groups is 1. The van der Waals surface area contributed by atoms with Gasteiger partial charge in [0.1, 0.15) is 5.82 Å². The summed E-state index contributed by atoms with van der Waals surface area (Å²) >= 11 is 0. The number of likely N-dealkylation sites (tertiary alicyclic amines) is 1. The minimum atomic E-state index is -0.881. The van der Waals surface area contributed by atoms with E-state index in [9.17, 15) is 4.79 Å². The molecule has 2 aromatic rings. The van der Waals surface area contributed by atoms with E-state index < -0.39 is 5.54 Å². The largest absolute Gasteiger partial charge is 0.377 e. The number of fused-ring (bicyclic) bond motifs is 1. The van der Waals surface area contributed by atoms with Gasteiger partial charge in [-0.05, 0) is 34.1 Å². The molecule has 4 N–H and O–H groups in total. The number of morpholine rings is 1. The van der Waals surface area contributed by atoms with E-state index in [4.69, 9.17) is 26.2 Å². The molecule has 0 radical (unpaired) electrons. The molecule has 0 spiro atoms. The van der Waals surface area contributed by atoms with Crippen LogP contribution in [-0.4, -0.2) is 87.3 Å². The van der Waals surface area contributed by atoms with Gasteiger partial charge in [-0.2, -0.15) is 4.98 Å². The van der Waals surface area contributed by atoms with Crippen molar-refractivity contribution in [2.75, 3.05) is 54.9 Å². The second kappa shape index (κ2) is 8.02. The van der Waals surface area contributed by atoms with Gasteiger partial charge in [-0.25, -0.2) is 15.0 Å². The summed E-state index contributed by atoms with van der Waals surface area (Å²) in [6.07, 6.45) is 4.24. The van der Waals surface area contributed by atoms with Crippen LogP contribution in [0.1, 0.15) is 33.3 Å². The number of aromatic nitrogens is 4. The topological polar surface area (TPSA) is 140 Å². The highest BCUT2D eigenvalue weighted by molar-refractivity contribution is 5.86. The van der Waals surface area contributed by atoms with Crippen molar-refractivity contribution in [3.63, 3.8) is 0 Å². The predicted octanol–water partition coefficient (Wildman–Crippen LogP) is 0.442. The summed E-state index contributed by atoms with van der Waals surface area (Å²) in [4.78, 5) is 37.5. The number of nitrogens with two attached hydrogens (primary N) is 2. The van der Waals surface area contributed by atoms with Gasteiger partial charge in [0.15, 0.2) is 0 Å². The summed E-state index contributed by atoms with van der Waals surface area (Å²) in [6, 6.07) is 0.163. The molecule has 0 aliphatic carbocycles. The van der Waals surface area contributed by atoms with Gasteiger partial charge in [-0.3, -0.25) is 4.79 Å². The summed E-state index contributed by atoms with van der Waals surface area (Å²) in [5.41, 5.74) is 13.4. The van der Waals surface area contributed by atoms with Crippen LogP contribution in [0.15, 0.2) is 12.4 Å². The molecule has 1 amide bonds. The summed E-state index contributed by atoms with van der Waals surface area (Å²) in [6.45, 7) is 11.8. The Kier molecular flexibility index (Phi) is 5.36. The van der Waals surface area contributed by atoms with E-state index in [1.165, 1.54) is 0 Å². The number of hydrogen-bond donors (Lipinski definition) is 2. The molecule has 0 bridgehead atoms. The predicted molar refractivity (Wildman–Crippen MR) is 129 cm³/mol. The molecule has 5 heterocycles. The number of hydrogen-bond acceptors (Lipinski definition) is 10.